The summed E-state index contributed by atoms with van der Waals surface area (Å²) in [6.07, 6.45) is 3.07. The van der Waals surface area contributed by atoms with Gasteiger partial charge in [-0.25, -0.2) is 0 Å². The number of hydrogen-bond donors (Lipinski definition) is 1. The van der Waals surface area contributed by atoms with E-state index in [1.54, 1.807) is 7.05 Å². The Morgan fingerprint density at radius 2 is 2.05 bits per heavy atom. The molecule has 2 rings (SSSR count). The first-order chi connectivity index (χ1) is 9.02. The minimum absolute atomic E-state index is 0.0809. The third-order valence-electron chi connectivity index (χ3n) is 3.40. The fourth-order valence-corrected chi connectivity index (χ4v) is 2.39. The minimum atomic E-state index is -4.33. The highest BCUT2D eigenvalue weighted by atomic mass is 19.4. The van der Waals surface area contributed by atoms with Crippen molar-refractivity contribution in [3.8, 4) is 0 Å². The lowest BCUT2D eigenvalue weighted by atomic mass is 9.92. The molecule has 0 saturated heterocycles. The zero-order chi connectivity index (χ0) is 13.9. The van der Waals surface area contributed by atoms with Crippen LogP contribution in [0.15, 0.2) is 30.0 Å². The molecule has 1 heterocycles. The van der Waals surface area contributed by atoms with E-state index in [0.29, 0.717) is 5.69 Å². The molecule has 1 unspecified atom stereocenters. The molecule has 0 aliphatic heterocycles. The summed E-state index contributed by atoms with van der Waals surface area (Å²) in [5, 5.41) is 3.13. The molecule has 0 aromatic carbocycles. The zero-order valence-electron chi connectivity index (χ0n) is 10.8. The van der Waals surface area contributed by atoms with Gasteiger partial charge in [0.25, 0.3) is 0 Å². The lowest BCUT2D eigenvalue weighted by Gasteiger charge is -2.22. The summed E-state index contributed by atoms with van der Waals surface area (Å²) in [6, 6.07) is 2.47. The highest BCUT2D eigenvalue weighted by Gasteiger charge is 2.31. The number of halogens is 3. The first-order valence-electron chi connectivity index (χ1n) is 6.41. The Bertz CT molecular complexity index is 449. The lowest BCUT2D eigenvalue weighted by molar-refractivity contribution is -0.137. The molecule has 0 radical (unpaired) electrons. The van der Waals surface area contributed by atoms with Crippen molar-refractivity contribution in [1.29, 1.82) is 0 Å². The SMILES string of the molecule is CNC(C1=CCCCC1)c1ccc(C(F)(F)F)cn1. The molecule has 1 aromatic heterocycles. The first kappa shape index (κ1) is 14.1. The van der Waals surface area contributed by atoms with E-state index in [1.807, 2.05) is 0 Å². The molecular formula is C14H17F3N2. The number of rotatable bonds is 3. The molecule has 0 bridgehead atoms. The Morgan fingerprint density at radius 1 is 1.26 bits per heavy atom. The van der Waals surface area contributed by atoms with Crippen LogP contribution in [-0.2, 0) is 6.18 Å². The summed E-state index contributed by atoms with van der Waals surface area (Å²) >= 11 is 0. The van der Waals surface area contributed by atoms with E-state index in [2.05, 4.69) is 16.4 Å². The second-order valence-electron chi connectivity index (χ2n) is 4.72. The van der Waals surface area contributed by atoms with Crippen LogP contribution in [0.5, 0.6) is 0 Å². The van der Waals surface area contributed by atoms with Crippen molar-refractivity contribution in [3.05, 3.63) is 41.2 Å². The number of nitrogens with one attached hydrogen (secondary N) is 1. The molecule has 1 atom stereocenters. The van der Waals surface area contributed by atoms with Gasteiger partial charge in [0.15, 0.2) is 0 Å². The Labute approximate surface area is 110 Å². The molecule has 1 aliphatic rings. The van der Waals surface area contributed by atoms with E-state index in [9.17, 15) is 13.2 Å². The smallest absolute Gasteiger partial charge is 0.308 e. The molecule has 0 amide bonds. The van der Waals surface area contributed by atoms with Crippen molar-refractivity contribution in [2.24, 2.45) is 0 Å². The number of allylic oxidation sites excluding steroid dienone is 1. The molecule has 1 N–H and O–H groups in total. The number of alkyl halides is 3. The zero-order valence-corrected chi connectivity index (χ0v) is 10.8. The van der Waals surface area contributed by atoms with Crippen LogP contribution in [0.4, 0.5) is 13.2 Å². The number of hydrogen-bond acceptors (Lipinski definition) is 2. The fraction of sp³-hybridized carbons (Fsp3) is 0.500. The molecule has 0 spiro atoms. The topological polar surface area (TPSA) is 24.9 Å². The van der Waals surface area contributed by atoms with E-state index in [0.717, 1.165) is 31.5 Å². The van der Waals surface area contributed by atoms with E-state index >= 15 is 0 Å². The summed E-state index contributed by atoms with van der Waals surface area (Å²) in [5.74, 6) is 0. The Morgan fingerprint density at radius 3 is 2.53 bits per heavy atom. The highest BCUT2D eigenvalue weighted by Crippen LogP contribution is 2.31. The van der Waals surface area contributed by atoms with Crippen LogP contribution in [0.25, 0.3) is 0 Å². The summed E-state index contributed by atoms with van der Waals surface area (Å²) in [4.78, 5) is 3.97. The van der Waals surface area contributed by atoms with Gasteiger partial charge in [0.05, 0.1) is 17.3 Å². The minimum Gasteiger partial charge on any atom is -0.308 e. The van der Waals surface area contributed by atoms with Crippen molar-refractivity contribution in [2.75, 3.05) is 7.05 Å². The van der Waals surface area contributed by atoms with Gasteiger partial charge >= 0.3 is 6.18 Å². The van der Waals surface area contributed by atoms with Crippen molar-refractivity contribution >= 4 is 0 Å². The van der Waals surface area contributed by atoms with Crippen LogP contribution in [0, 0.1) is 0 Å². The summed E-state index contributed by atoms with van der Waals surface area (Å²) in [7, 11) is 1.81. The Hall–Kier alpha value is -1.36. The molecule has 2 nitrogen and oxygen atoms in total. The van der Waals surface area contributed by atoms with Gasteiger partial charge in [-0.3, -0.25) is 4.98 Å². The average molecular weight is 270 g/mol. The van der Waals surface area contributed by atoms with Gasteiger partial charge in [0.2, 0.25) is 0 Å². The Kier molecular flexibility index (Phi) is 4.24. The molecule has 1 aromatic rings. The average Bonchev–Trinajstić information content (AvgIpc) is 2.40. The second-order valence-corrected chi connectivity index (χ2v) is 4.72. The quantitative estimate of drug-likeness (QED) is 0.844. The number of aromatic nitrogens is 1. The molecule has 19 heavy (non-hydrogen) atoms. The van der Waals surface area contributed by atoms with Crippen LogP contribution in [0.1, 0.15) is 43.0 Å². The number of likely N-dealkylation sites (N-methyl/N-ethyl adjacent to an activating group) is 1. The van der Waals surface area contributed by atoms with Crippen molar-refractivity contribution in [2.45, 2.75) is 37.9 Å². The highest BCUT2D eigenvalue weighted by molar-refractivity contribution is 5.26. The van der Waals surface area contributed by atoms with Gasteiger partial charge in [-0.05, 0) is 44.9 Å². The molecule has 0 fully saturated rings. The van der Waals surface area contributed by atoms with Crippen LogP contribution in [0.3, 0.4) is 0 Å². The van der Waals surface area contributed by atoms with E-state index in [1.165, 1.54) is 18.1 Å². The number of nitrogens with zero attached hydrogens (tertiary/aromatic N) is 1. The number of pyridine rings is 1. The van der Waals surface area contributed by atoms with Gasteiger partial charge in [0, 0.05) is 6.20 Å². The van der Waals surface area contributed by atoms with E-state index in [4.69, 9.17) is 0 Å². The van der Waals surface area contributed by atoms with Gasteiger partial charge in [-0.15, -0.1) is 0 Å². The third-order valence-corrected chi connectivity index (χ3v) is 3.40. The largest absolute Gasteiger partial charge is 0.417 e. The fourth-order valence-electron chi connectivity index (χ4n) is 2.39. The maximum atomic E-state index is 12.5. The molecular weight excluding hydrogens is 253 g/mol. The maximum Gasteiger partial charge on any atom is 0.417 e. The van der Waals surface area contributed by atoms with Crippen LogP contribution in [0.2, 0.25) is 0 Å². The first-order valence-corrected chi connectivity index (χ1v) is 6.41. The van der Waals surface area contributed by atoms with Crippen LogP contribution >= 0.6 is 0 Å². The molecule has 1 aliphatic carbocycles. The Balaban J connectivity index is 2.22. The van der Waals surface area contributed by atoms with Gasteiger partial charge in [-0.2, -0.15) is 13.2 Å². The summed E-state index contributed by atoms with van der Waals surface area (Å²) in [5.41, 5.74) is 1.16. The third kappa shape index (κ3) is 3.35. The van der Waals surface area contributed by atoms with Crippen LogP contribution in [-0.4, -0.2) is 12.0 Å². The van der Waals surface area contributed by atoms with E-state index in [-0.39, 0.29) is 6.04 Å². The predicted molar refractivity (Wildman–Crippen MR) is 67.6 cm³/mol. The van der Waals surface area contributed by atoms with E-state index < -0.39 is 11.7 Å². The van der Waals surface area contributed by atoms with Crippen molar-refractivity contribution in [1.82, 2.24) is 10.3 Å². The molecule has 104 valence electrons. The summed E-state index contributed by atoms with van der Waals surface area (Å²) in [6.45, 7) is 0. The monoisotopic (exact) mass is 270 g/mol. The van der Waals surface area contributed by atoms with Crippen LogP contribution < -0.4 is 5.32 Å². The standard InChI is InChI=1S/C14H17F3N2/c1-18-13(10-5-3-2-4-6-10)12-8-7-11(9-19-12)14(15,16)17/h5,7-9,13,18H,2-4,6H2,1H3. The van der Waals surface area contributed by atoms with Crippen molar-refractivity contribution in [3.63, 3.8) is 0 Å². The second kappa shape index (κ2) is 5.74. The molecule has 5 heteroatoms. The molecule has 0 saturated carbocycles. The maximum absolute atomic E-state index is 12.5. The predicted octanol–water partition coefficient (Wildman–Crippen LogP) is 3.86. The van der Waals surface area contributed by atoms with Gasteiger partial charge in [0.1, 0.15) is 0 Å². The lowest BCUT2D eigenvalue weighted by Crippen LogP contribution is -2.21. The summed E-state index contributed by atoms with van der Waals surface area (Å²) < 4.78 is 37.5. The van der Waals surface area contributed by atoms with Gasteiger partial charge in [-0.1, -0.05) is 11.6 Å². The van der Waals surface area contributed by atoms with Crippen molar-refractivity contribution < 1.29 is 13.2 Å². The van der Waals surface area contributed by atoms with Gasteiger partial charge < -0.3 is 5.32 Å². The normalized spacial score (nSPS) is 18.0.